The SMILES string of the molecule is CCn1nc(C)cc1C(Cc1ncnn1CC)NN. The van der Waals surface area contributed by atoms with Crippen LogP contribution >= 0.6 is 0 Å². The first-order valence-electron chi connectivity index (χ1n) is 6.56. The number of aromatic nitrogens is 5. The maximum atomic E-state index is 5.70. The fourth-order valence-electron chi connectivity index (χ4n) is 2.24. The van der Waals surface area contributed by atoms with E-state index in [4.69, 9.17) is 5.84 Å². The number of nitrogens with two attached hydrogens (primary N) is 1. The lowest BCUT2D eigenvalue weighted by molar-refractivity contribution is 0.468. The molecular weight excluding hydrogens is 242 g/mol. The molecule has 3 N–H and O–H groups in total. The molecule has 0 saturated carbocycles. The van der Waals surface area contributed by atoms with Crippen molar-refractivity contribution in [3.63, 3.8) is 0 Å². The van der Waals surface area contributed by atoms with Crippen LogP contribution in [-0.4, -0.2) is 24.5 Å². The van der Waals surface area contributed by atoms with Gasteiger partial charge in [0.15, 0.2) is 0 Å². The van der Waals surface area contributed by atoms with Crippen molar-refractivity contribution < 1.29 is 0 Å². The summed E-state index contributed by atoms with van der Waals surface area (Å²) in [5, 5.41) is 8.63. The molecule has 1 atom stereocenters. The van der Waals surface area contributed by atoms with Gasteiger partial charge in [0.1, 0.15) is 12.2 Å². The van der Waals surface area contributed by atoms with Crippen molar-refractivity contribution in [2.45, 2.75) is 46.3 Å². The summed E-state index contributed by atoms with van der Waals surface area (Å²) < 4.78 is 3.84. The van der Waals surface area contributed by atoms with Crippen LogP contribution in [0.25, 0.3) is 0 Å². The van der Waals surface area contributed by atoms with Crippen LogP contribution in [0.3, 0.4) is 0 Å². The molecule has 2 heterocycles. The molecule has 1 unspecified atom stereocenters. The van der Waals surface area contributed by atoms with Gasteiger partial charge in [-0.15, -0.1) is 0 Å². The topological polar surface area (TPSA) is 86.6 Å². The highest BCUT2D eigenvalue weighted by Crippen LogP contribution is 2.18. The second kappa shape index (κ2) is 5.94. The molecule has 0 spiro atoms. The Labute approximate surface area is 112 Å². The van der Waals surface area contributed by atoms with Crippen molar-refractivity contribution in [1.29, 1.82) is 0 Å². The summed E-state index contributed by atoms with van der Waals surface area (Å²) >= 11 is 0. The van der Waals surface area contributed by atoms with Crippen molar-refractivity contribution in [3.8, 4) is 0 Å². The summed E-state index contributed by atoms with van der Waals surface area (Å²) in [6.45, 7) is 7.72. The zero-order valence-electron chi connectivity index (χ0n) is 11.7. The number of nitrogens with zero attached hydrogens (tertiary/aromatic N) is 5. The summed E-state index contributed by atoms with van der Waals surface area (Å²) in [7, 11) is 0. The molecular formula is C12H21N7. The smallest absolute Gasteiger partial charge is 0.138 e. The number of hydrazine groups is 1. The van der Waals surface area contributed by atoms with Crippen molar-refractivity contribution in [2.24, 2.45) is 5.84 Å². The number of hydrogen-bond acceptors (Lipinski definition) is 5. The van der Waals surface area contributed by atoms with Gasteiger partial charge < -0.3 is 0 Å². The Balaban J connectivity index is 2.25. The summed E-state index contributed by atoms with van der Waals surface area (Å²) in [4.78, 5) is 4.29. The Morgan fingerprint density at radius 2 is 2.05 bits per heavy atom. The van der Waals surface area contributed by atoms with E-state index in [0.29, 0.717) is 6.42 Å². The van der Waals surface area contributed by atoms with Crippen molar-refractivity contribution >= 4 is 0 Å². The average Bonchev–Trinajstić information content (AvgIpc) is 3.01. The second-order valence-corrected chi connectivity index (χ2v) is 4.44. The minimum absolute atomic E-state index is 0.0179. The van der Waals surface area contributed by atoms with Crippen LogP contribution in [0.4, 0.5) is 0 Å². The molecule has 7 heteroatoms. The van der Waals surface area contributed by atoms with E-state index >= 15 is 0 Å². The first kappa shape index (κ1) is 13.7. The van der Waals surface area contributed by atoms with Gasteiger partial charge in [0, 0.05) is 19.5 Å². The van der Waals surface area contributed by atoms with E-state index in [-0.39, 0.29) is 6.04 Å². The molecule has 0 aliphatic rings. The fraction of sp³-hybridized carbons (Fsp3) is 0.583. The lowest BCUT2D eigenvalue weighted by atomic mass is 10.1. The summed E-state index contributed by atoms with van der Waals surface area (Å²) in [6, 6.07) is 2.04. The number of rotatable bonds is 6. The van der Waals surface area contributed by atoms with Crippen LogP contribution in [-0.2, 0) is 19.5 Å². The number of nitrogens with one attached hydrogen (secondary N) is 1. The number of aryl methyl sites for hydroxylation is 3. The minimum Gasteiger partial charge on any atom is -0.271 e. The second-order valence-electron chi connectivity index (χ2n) is 4.44. The van der Waals surface area contributed by atoms with Crippen LogP contribution in [0, 0.1) is 6.92 Å². The summed E-state index contributed by atoms with van der Waals surface area (Å²) in [6.07, 6.45) is 2.27. The van der Waals surface area contributed by atoms with Gasteiger partial charge in [0.25, 0.3) is 0 Å². The molecule has 0 aromatic carbocycles. The van der Waals surface area contributed by atoms with Crippen LogP contribution < -0.4 is 11.3 Å². The van der Waals surface area contributed by atoms with Crippen LogP contribution in [0.1, 0.15) is 37.1 Å². The molecule has 0 fully saturated rings. The van der Waals surface area contributed by atoms with Crippen molar-refractivity contribution in [2.75, 3.05) is 0 Å². The minimum atomic E-state index is -0.0179. The zero-order valence-corrected chi connectivity index (χ0v) is 11.7. The Hall–Kier alpha value is -1.73. The molecule has 0 bridgehead atoms. The highest BCUT2D eigenvalue weighted by molar-refractivity contribution is 5.14. The first-order chi connectivity index (χ1) is 9.19. The quantitative estimate of drug-likeness (QED) is 0.588. The van der Waals surface area contributed by atoms with E-state index in [9.17, 15) is 0 Å². The molecule has 104 valence electrons. The molecule has 7 nitrogen and oxygen atoms in total. The van der Waals surface area contributed by atoms with Gasteiger partial charge in [-0.3, -0.25) is 20.6 Å². The zero-order chi connectivity index (χ0) is 13.8. The van der Waals surface area contributed by atoms with E-state index in [2.05, 4.69) is 33.6 Å². The third kappa shape index (κ3) is 2.82. The molecule has 0 saturated heterocycles. The normalized spacial score (nSPS) is 12.8. The van der Waals surface area contributed by atoms with Gasteiger partial charge in [0.2, 0.25) is 0 Å². The molecule has 0 amide bonds. The first-order valence-corrected chi connectivity index (χ1v) is 6.56. The molecule has 2 rings (SSSR count). The maximum absolute atomic E-state index is 5.70. The Kier molecular flexibility index (Phi) is 4.28. The van der Waals surface area contributed by atoms with Gasteiger partial charge in [0.05, 0.1) is 17.4 Å². The molecule has 2 aromatic heterocycles. The van der Waals surface area contributed by atoms with E-state index < -0.39 is 0 Å². The lowest BCUT2D eigenvalue weighted by Gasteiger charge is -2.16. The standard InChI is InChI=1S/C12H21N7/c1-4-18-11(6-9(3)17-18)10(16-13)7-12-14-8-15-19(12)5-2/h6,8,10,16H,4-5,7,13H2,1-3H3. The third-order valence-electron chi connectivity index (χ3n) is 3.17. The lowest BCUT2D eigenvalue weighted by Crippen LogP contribution is -2.32. The molecule has 0 radical (unpaired) electrons. The summed E-state index contributed by atoms with van der Waals surface area (Å²) in [5.41, 5.74) is 4.93. The highest BCUT2D eigenvalue weighted by atomic mass is 15.3. The van der Waals surface area contributed by atoms with E-state index in [1.165, 1.54) is 0 Å². The monoisotopic (exact) mass is 263 g/mol. The van der Waals surface area contributed by atoms with Crippen LogP contribution in [0.15, 0.2) is 12.4 Å². The molecule has 19 heavy (non-hydrogen) atoms. The van der Waals surface area contributed by atoms with Gasteiger partial charge in [-0.1, -0.05) is 0 Å². The molecule has 2 aromatic rings. The van der Waals surface area contributed by atoms with Crippen molar-refractivity contribution in [3.05, 3.63) is 29.6 Å². The predicted octanol–water partition coefficient (Wildman–Crippen LogP) is 0.570. The Morgan fingerprint density at radius 3 is 2.68 bits per heavy atom. The molecule has 0 aliphatic carbocycles. The summed E-state index contributed by atoms with van der Waals surface area (Å²) in [5.74, 6) is 6.62. The Morgan fingerprint density at radius 1 is 1.32 bits per heavy atom. The van der Waals surface area contributed by atoms with Gasteiger partial charge in [-0.25, -0.2) is 4.98 Å². The highest BCUT2D eigenvalue weighted by Gasteiger charge is 2.18. The molecule has 0 aliphatic heterocycles. The van der Waals surface area contributed by atoms with E-state index in [1.807, 2.05) is 23.2 Å². The maximum Gasteiger partial charge on any atom is 0.138 e. The van der Waals surface area contributed by atoms with Crippen molar-refractivity contribution in [1.82, 2.24) is 30.0 Å². The number of hydrogen-bond donors (Lipinski definition) is 2. The van der Waals surface area contributed by atoms with Gasteiger partial charge in [-0.2, -0.15) is 10.2 Å². The van der Waals surface area contributed by atoms with Crippen LogP contribution in [0.5, 0.6) is 0 Å². The van der Waals surface area contributed by atoms with E-state index in [1.54, 1.807) is 6.33 Å². The van der Waals surface area contributed by atoms with Gasteiger partial charge >= 0.3 is 0 Å². The average molecular weight is 263 g/mol. The largest absolute Gasteiger partial charge is 0.271 e. The fourth-order valence-corrected chi connectivity index (χ4v) is 2.24. The van der Waals surface area contributed by atoms with E-state index in [0.717, 1.165) is 30.3 Å². The van der Waals surface area contributed by atoms with Gasteiger partial charge in [-0.05, 0) is 26.8 Å². The Bertz CT molecular complexity index is 528. The third-order valence-corrected chi connectivity index (χ3v) is 3.17. The predicted molar refractivity (Wildman–Crippen MR) is 72.1 cm³/mol. The van der Waals surface area contributed by atoms with Crippen LogP contribution in [0.2, 0.25) is 0 Å².